The van der Waals surface area contributed by atoms with Gasteiger partial charge in [-0.15, -0.1) is 6.58 Å². The Morgan fingerprint density at radius 3 is 2.50 bits per heavy atom. The maximum atomic E-state index is 5.41. The van der Waals surface area contributed by atoms with Gasteiger partial charge in [-0.3, -0.25) is 11.3 Å². The number of hydrogen-bond donors (Lipinski definition) is 2. The van der Waals surface area contributed by atoms with Crippen molar-refractivity contribution in [3.8, 4) is 0 Å². The van der Waals surface area contributed by atoms with Crippen LogP contribution in [-0.4, -0.2) is 18.8 Å². The molecule has 0 fully saturated rings. The molecule has 0 aliphatic carbocycles. The van der Waals surface area contributed by atoms with E-state index in [1.165, 1.54) is 0 Å². The van der Waals surface area contributed by atoms with Gasteiger partial charge in [0.15, 0.2) is 0 Å². The summed E-state index contributed by atoms with van der Waals surface area (Å²) in [4.78, 5) is 0. The van der Waals surface area contributed by atoms with Crippen LogP contribution in [0.5, 0.6) is 0 Å². The van der Waals surface area contributed by atoms with Gasteiger partial charge in [0.05, 0.1) is 12.7 Å². The summed E-state index contributed by atoms with van der Waals surface area (Å²) < 4.78 is 5.41. The lowest BCUT2D eigenvalue weighted by Gasteiger charge is -2.17. The molecule has 0 rings (SSSR count). The van der Waals surface area contributed by atoms with Crippen LogP contribution in [-0.2, 0) is 4.74 Å². The van der Waals surface area contributed by atoms with Crippen LogP contribution in [0.15, 0.2) is 12.2 Å². The first-order valence-corrected chi connectivity index (χ1v) is 4.28. The van der Waals surface area contributed by atoms with Crippen molar-refractivity contribution in [2.24, 2.45) is 5.84 Å². The summed E-state index contributed by atoms with van der Waals surface area (Å²) in [6.45, 7) is 10.5. The quantitative estimate of drug-likeness (QED) is 0.359. The number of nitrogens with two attached hydrogens (primary N) is 1. The first-order valence-electron chi connectivity index (χ1n) is 4.28. The molecule has 0 aliphatic rings. The van der Waals surface area contributed by atoms with E-state index >= 15 is 0 Å². The Morgan fingerprint density at radius 2 is 2.17 bits per heavy atom. The predicted octanol–water partition coefficient (Wildman–Crippen LogP) is 1.21. The molecule has 72 valence electrons. The Balaban J connectivity index is 3.60. The predicted molar refractivity (Wildman–Crippen MR) is 51.6 cm³/mol. The van der Waals surface area contributed by atoms with Crippen molar-refractivity contribution >= 4 is 0 Å². The number of rotatable bonds is 6. The van der Waals surface area contributed by atoms with Crippen LogP contribution >= 0.6 is 0 Å². The fraction of sp³-hybridized carbons (Fsp3) is 0.778. The number of hydrazine groups is 1. The Bertz CT molecular complexity index is 134. The third-order valence-electron chi connectivity index (χ3n) is 1.46. The SMILES string of the molecule is C=C(C)CC(COC(C)C)NN. The molecule has 1 atom stereocenters. The minimum absolute atomic E-state index is 0.185. The molecular weight excluding hydrogens is 152 g/mol. The summed E-state index contributed by atoms with van der Waals surface area (Å²) in [5, 5.41) is 0. The van der Waals surface area contributed by atoms with Crippen molar-refractivity contribution in [1.82, 2.24) is 5.43 Å². The van der Waals surface area contributed by atoms with Crippen molar-refractivity contribution < 1.29 is 4.74 Å². The number of ether oxygens (including phenoxy) is 1. The molecule has 0 aromatic rings. The number of nitrogens with one attached hydrogen (secondary N) is 1. The number of hydrogen-bond acceptors (Lipinski definition) is 3. The third kappa shape index (κ3) is 6.34. The van der Waals surface area contributed by atoms with Crippen molar-refractivity contribution in [3.63, 3.8) is 0 Å². The van der Waals surface area contributed by atoms with Gasteiger partial charge in [0.25, 0.3) is 0 Å². The van der Waals surface area contributed by atoms with E-state index in [2.05, 4.69) is 12.0 Å². The van der Waals surface area contributed by atoms with Crippen LogP contribution in [0.3, 0.4) is 0 Å². The van der Waals surface area contributed by atoms with E-state index in [4.69, 9.17) is 10.6 Å². The summed E-state index contributed by atoms with van der Waals surface area (Å²) >= 11 is 0. The van der Waals surface area contributed by atoms with Gasteiger partial charge in [-0.05, 0) is 27.2 Å². The summed E-state index contributed by atoms with van der Waals surface area (Å²) in [7, 11) is 0. The Kier molecular flexibility index (Phi) is 5.98. The molecule has 1 unspecified atom stereocenters. The highest BCUT2D eigenvalue weighted by atomic mass is 16.5. The molecule has 0 saturated heterocycles. The highest BCUT2D eigenvalue weighted by molar-refractivity contribution is 4.92. The molecule has 0 radical (unpaired) electrons. The van der Waals surface area contributed by atoms with E-state index in [-0.39, 0.29) is 12.1 Å². The molecule has 0 heterocycles. The van der Waals surface area contributed by atoms with Crippen LogP contribution in [0.4, 0.5) is 0 Å². The molecule has 0 aliphatic heterocycles. The van der Waals surface area contributed by atoms with Crippen molar-refractivity contribution in [2.45, 2.75) is 39.3 Å². The molecule has 0 bridgehead atoms. The van der Waals surface area contributed by atoms with Crippen LogP contribution in [0.25, 0.3) is 0 Å². The summed E-state index contributed by atoms with van der Waals surface area (Å²) in [6.07, 6.45) is 1.12. The molecule has 0 spiro atoms. The average molecular weight is 172 g/mol. The van der Waals surface area contributed by atoms with Gasteiger partial charge in [-0.2, -0.15) is 0 Å². The normalized spacial score (nSPS) is 13.4. The largest absolute Gasteiger partial charge is 0.377 e. The minimum atomic E-state index is 0.185. The highest BCUT2D eigenvalue weighted by Gasteiger charge is 2.07. The molecular formula is C9H20N2O. The van der Waals surface area contributed by atoms with Gasteiger partial charge in [-0.25, -0.2) is 0 Å². The Labute approximate surface area is 74.9 Å². The molecule has 3 N–H and O–H groups in total. The van der Waals surface area contributed by atoms with Crippen molar-refractivity contribution in [2.75, 3.05) is 6.61 Å². The van der Waals surface area contributed by atoms with E-state index in [1.807, 2.05) is 20.8 Å². The zero-order valence-corrected chi connectivity index (χ0v) is 8.26. The molecule has 0 aromatic carbocycles. The fourth-order valence-electron chi connectivity index (χ4n) is 0.895. The Morgan fingerprint density at radius 1 is 1.58 bits per heavy atom. The molecule has 12 heavy (non-hydrogen) atoms. The minimum Gasteiger partial charge on any atom is -0.377 e. The first-order chi connectivity index (χ1) is 5.56. The lowest BCUT2D eigenvalue weighted by atomic mass is 10.1. The monoisotopic (exact) mass is 172 g/mol. The van der Waals surface area contributed by atoms with Crippen LogP contribution in [0.2, 0.25) is 0 Å². The zero-order valence-electron chi connectivity index (χ0n) is 8.26. The zero-order chi connectivity index (χ0) is 9.56. The van der Waals surface area contributed by atoms with E-state index in [0.717, 1.165) is 12.0 Å². The second-order valence-electron chi connectivity index (χ2n) is 3.41. The second-order valence-corrected chi connectivity index (χ2v) is 3.41. The maximum Gasteiger partial charge on any atom is 0.0639 e. The van der Waals surface area contributed by atoms with Crippen LogP contribution in [0.1, 0.15) is 27.2 Å². The molecule has 0 saturated carbocycles. The highest BCUT2D eigenvalue weighted by Crippen LogP contribution is 2.02. The first kappa shape index (κ1) is 11.6. The lowest BCUT2D eigenvalue weighted by Crippen LogP contribution is -2.39. The lowest BCUT2D eigenvalue weighted by molar-refractivity contribution is 0.0613. The van der Waals surface area contributed by atoms with Gasteiger partial charge in [0.1, 0.15) is 0 Å². The van der Waals surface area contributed by atoms with Crippen molar-refractivity contribution in [1.29, 1.82) is 0 Å². The van der Waals surface area contributed by atoms with Gasteiger partial charge in [-0.1, -0.05) is 5.57 Å². The maximum absolute atomic E-state index is 5.41. The third-order valence-corrected chi connectivity index (χ3v) is 1.46. The molecule has 3 heteroatoms. The fourth-order valence-corrected chi connectivity index (χ4v) is 0.895. The van der Waals surface area contributed by atoms with E-state index in [0.29, 0.717) is 6.61 Å². The van der Waals surface area contributed by atoms with Gasteiger partial charge in [0, 0.05) is 6.04 Å². The van der Waals surface area contributed by atoms with Crippen molar-refractivity contribution in [3.05, 3.63) is 12.2 Å². The summed E-state index contributed by atoms with van der Waals surface area (Å²) in [5.41, 5.74) is 3.82. The topological polar surface area (TPSA) is 47.3 Å². The van der Waals surface area contributed by atoms with Crippen LogP contribution < -0.4 is 11.3 Å². The Hall–Kier alpha value is -0.380. The summed E-state index contributed by atoms with van der Waals surface area (Å²) in [6, 6.07) is 0.185. The average Bonchev–Trinajstić information content (AvgIpc) is 1.97. The van der Waals surface area contributed by atoms with E-state index in [9.17, 15) is 0 Å². The molecule has 3 nitrogen and oxygen atoms in total. The summed E-state index contributed by atoms with van der Waals surface area (Å²) in [5.74, 6) is 5.34. The van der Waals surface area contributed by atoms with Gasteiger partial charge >= 0.3 is 0 Å². The molecule has 0 amide bonds. The van der Waals surface area contributed by atoms with Gasteiger partial charge < -0.3 is 4.74 Å². The van der Waals surface area contributed by atoms with Gasteiger partial charge in [0.2, 0.25) is 0 Å². The standard InChI is InChI=1S/C9H20N2O/c1-7(2)5-9(11-10)6-12-8(3)4/h8-9,11H,1,5-6,10H2,2-4H3. The van der Waals surface area contributed by atoms with Crippen LogP contribution in [0, 0.1) is 0 Å². The second kappa shape index (κ2) is 6.17. The molecule has 0 aromatic heterocycles. The van der Waals surface area contributed by atoms with E-state index in [1.54, 1.807) is 0 Å². The smallest absolute Gasteiger partial charge is 0.0639 e. The van der Waals surface area contributed by atoms with E-state index < -0.39 is 0 Å².